The molecule has 0 spiro atoms. The van der Waals surface area contributed by atoms with Crippen molar-refractivity contribution in [3.8, 4) is 17.6 Å². The highest BCUT2D eigenvalue weighted by molar-refractivity contribution is 6.19. The van der Waals surface area contributed by atoms with E-state index >= 15 is 0 Å². The molecule has 20 heavy (non-hydrogen) atoms. The van der Waals surface area contributed by atoms with Crippen molar-refractivity contribution in [1.82, 2.24) is 4.98 Å². The van der Waals surface area contributed by atoms with Crippen LogP contribution in [0.2, 0.25) is 0 Å². The van der Waals surface area contributed by atoms with Crippen LogP contribution in [0.25, 0.3) is 0 Å². The third kappa shape index (κ3) is 4.25. The molecular weight excluding hydrogens is 277 g/mol. The Bertz CT molecular complexity index is 619. The second-order valence-electron chi connectivity index (χ2n) is 4.03. The molecule has 2 rings (SSSR count). The number of benzene rings is 1. The zero-order valence-corrected chi connectivity index (χ0v) is 11.5. The van der Waals surface area contributed by atoms with Gasteiger partial charge in [0.15, 0.2) is 0 Å². The third-order valence-corrected chi connectivity index (χ3v) is 2.76. The van der Waals surface area contributed by atoms with Gasteiger partial charge in [-0.15, -0.1) is 11.6 Å². The van der Waals surface area contributed by atoms with E-state index in [0.717, 1.165) is 12.0 Å². The summed E-state index contributed by atoms with van der Waals surface area (Å²) in [5.74, 6) is 5.92. The minimum atomic E-state index is -0.342. The van der Waals surface area contributed by atoms with Gasteiger partial charge in [0.05, 0.1) is 18.1 Å². The number of alkyl halides is 1. The Labute approximate surface area is 122 Å². The summed E-state index contributed by atoms with van der Waals surface area (Å²) in [7, 11) is 0. The lowest BCUT2D eigenvalue weighted by Crippen LogP contribution is -2.03. The van der Waals surface area contributed by atoms with Gasteiger partial charge in [-0.1, -0.05) is 11.8 Å². The van der Waals surface area contributed by atoms with Crippen LogP contribution in [-0.4, -0.2) is 17.5 Å². The normalized spacial score (nSPS) is 9.70. The van der Waals surface area contributed by atoms with Gasteiger partial charge in [0.2, 0.25) is 0 Å². The number of rotatable bonds is 4. The number of halogens is 2. The maximum Gasteiger partial charge on any atom is 0.135 e. The summed E-state index contributed by atoms with van der Waals surface area (Å²) >= 11 is 5.51. The predicted octanol–water partition coefficient (Wildman–Crippen LogP) is 3.43. The van der Waals surface area contributed by atoms with Gasteiger partial charge in [0.25, 0.3) is 0 Å². The van der Waals surface area contributed by atoms with Crippen LogP contribution in [0.3, 0.4) is 0 Å². The SMILES string of the molecule is Fc1ccc(OCCc2ccncc2)c(C#CCCl)c1. The Kier molecular flexibility index (Phi) is 5.40. The van der Waals surface area contributed by atoms with Crippen molar-refractivity contribution in [2.75, 3.05) is 12.5 Å². The summed E-state index contributed by atoms with van der Waals surface area (Å²) in [4.78, 5) is 3.96. The first-order valence-corrected chi connectivity index (χ1v) is 6.69. The number of aromatic nitrogens is 1. The van der Waals surface area contributed by atoms with Gasteiger partial charge < -0.3 is 4.74 Å². The Morgan fingerprint density at radius 1 is 1.20 bits per heavy atom. The smallest absolute Gasteiger partial charge is 0.135 e. The first-order chi connectivity index (χ1) is 9.79. The van der Waals surface area contributed by atoms with Gasteiger partial charge in [-0.3, -0.25) is 4.98 Å². The van der Waals surface area contributed by atoms with E-state index in [1.165, 1.54) is 12.1 Å². The molecule has 0 bridgehead atoms. The molecule has 0 radical (unpaired) electrons. The standard InChI is InChI=1S/C16H13ClFNO/c17-8-1-2-14-12-15(18)3-4-16(14)20-11-7-13-5-9-19-10-6-13/h3-6,9-10,12H,7-8,11H2. The van der Waals surface area contributed by atoms with Gasteiger partial charge in [0, 0.05) is 18.8 Å². The van der Waals surface area contributed by atoms with Gasteiger partial charge in [-0.05, 0) is 35.9 Å². The first-order valence-electron chi connectivity index (χ1n) is 6.15. The molecule has 1 heterocycles. The molecule has 0 aliphatic heterocycles. The molecule has 0 atom stereocenters. The lowest BCUT2D eigenvalue weighted by atomic mass is 10.2. The van der Waals surface area contributed by atoms with E-state index in [2.05, 4.69) is 16.8 Å². The monoisotopic (exact) mass is 289 g/mol. The Balaban J connectivity index is 2.02. The fourth-order valence-electron chi connectivity index (χ4n) is 1.68. The highest BCUT2D eigenvalue weighted by Gasteiger charge is 2.03. The van der Waals surface area contributed by atoms with Crippen molar-refractivity contribution in [2.45, 2.75) is 6.42 Å². The molecule has 0 saturated carbocycles. The number of nitrogens with zero attached hydrogens (tertiary/aromatic N) is 1. The van der Waals surface area contributed by atoms with E-state index in [4.69, 9.17) is 16.3 Å². The van der Waals surface area contributed by atoms with Gasteiger partial charge >= 0.3 is 0 Å². The Hall–Kier alpha value is -2.05. The average molecular weight is 290 g/mol. The van der Waals surface area contributed by atoms with Crippen LogP contribution in [-0.2, 0) is 6.42 Å². The fourth-order valence-corrected chi connectivity index (χ4v) is 1.75. The summed E-state index contributed by atoms with van der Waals surface area (Å²) in [5, 5.41) is 0. The van der Waals surface area contributed by atoms with Crippen molar-refractivity contribution in [2.24, 2.45) is 0 Å². The van der Waals surface area contributed by atoms with Crippen molar-refractivity contribution >= 4 is 11.6 Å². The molecule has 0 aliphatic carbocycles. The second-order valence-corrected chi connectivity index (χ2v) is 4.30. The molecule has 0 N–H and O–H groups in total. The molecule has 0 unspecified atom stereocenters. The molecule has 0 saturated heterocycles. The second kappa shape index (κ2) is 7.52. The minimum Gasteiger partial charge on any atom is -0.492 e. The molecule has 1 aromatic carbocycles. The topological polar surface area (TPSA) is 22.1 Å². The van der Waals surface area contributed by atoms with E-state index in [1.807, 2.05) is 12.1 Å². The van der Waals surface area contributed by atoms with Crippen molar-refractivity contribution in [3.63, 3.8) is 0 Å². The van der Waals surface area contributed by atoms with Gasteiger partial charge in [0.1, 0.15) is 11.6 Å². The van der Waals surface area contributed by atoms with E-state index in [0.29, 0.717) is 17.9 Å². The van der Waals surface area contributed by atoms with Crippen LogP contribution in [0, 0.1) is 17.7 Å². The summed E-state index contributed by atoms with van der Waals surface area (Å²) < 4.78 is 18.9. The van der Waals surface area contributed by atoms with Crippen LogP contribution in [0.1, 0.15) is 11.1 Å². The van der Waals surface area contributed by atoms with E-state index in [1.54, 1.807) is 18.5 Å². The lowest BCUT2D eigenvalue weighted by molar-refractivity contribution is 0.320. The zero-order valence-electron chi connectivity index (χ0n) is 10.8. The summed E-state index contributed by atoms with van der Waals surface area (Å²) in [6.45, 7) is 0.491. The van der Waals surface area contributed by atoms with Crippen molar-refractivity contribution in [1.29, 1.82) is 0 Å². The molecule has 4 heteroatoms. The summed E-state index contributed by atoms with van der Waals surface area (Å²) in [6, 6.07) is 8.15. The van der Waals surface area contributed by atoms with Crippen LogP contribution >= 0.6 is 11.6 Å². The lowest BCUT2D eigenvalue weighted by Gasteiger charge is -2.08. The van der Waals surface area contributed by atoms with Gasteiger partial charge in [-0.25, -0.2) is 4.39 Å². The van der Waals surface area contributed by atoms with Crippen LogP contribution in [0.4, 0.5) is 4.39 Å². The van der Waals surface area contributed by atoms with Crippen LogP contribution in [0.5, 0.6) is 5.75 Å². The highest BCUT2D eigenvalue weighted by Crippen LogP contribution is 2.19. The number of pyridine rings is 1. The zero-order chi connectivity index (χ0) is 14.2. The Morgan fingerprint density at radius 2 is 2.00 bits per heavy atom. The van der Waals surface area contributed by atoms with Crippen molar-refractivity contribution < 1.29 is 9.13 Å². The highest BCUT2D eigenvalue weighted by atomic mass is 35.5. The molecule has 1 aromatic heterocycles. The first kappa shape index (κ1) is 14.4. The molecule has 2 nitrogen and oxygen atoms in total. The number of hydrogen-bond acceptors (Lipinski definition) is 2. The maximum atomic E-state index is 13.2. The number of ether oxygens (including phenoxy) is 1. The van der Waals surface area contributed by atoms with Gasteiger partial charge in [-0.2, -0.15) is 0 Å². The summed E-state index contributed by atoms with van der Waals surface area (Å²) in [5.41, 5.74) is 1.65. The van der Waals surface area contributed by atoms with Crippen LogP contribution in [0.15, 0.2) is 42.7 Å². The average Bonchev–Trinajstić information content (AvgIpc) is 2.48. The molecule has 0 amide bonds. The molecule has 0 fully saturated rings. The van der Waals surface area contributed by atoms with Crippen LogP contribution < -0.4 is 4.74 Å². The molecule has 2 aromatic rings. The largest absolute Gasteiger partial charge is 0.492 e. The molecular formula is C16H13ClFNO. The molecule has 0 aliphatic rings. The number of hydrogen-bond donors (Lipinski definition) is 0. The van der Waals surface area contributed by atoms with E-state index in [-0.39, 0.29) is 11.7 Å². The summed E-state index contributed by atoms with van der Waals surface area (Å²) in [6.07, 6.45) is 4.23. The molecule has 102 valence electrons. The minimum absolute atomic E-state index is 0.201. The van der Waals surface area contributed by atoms with E-state index in [9.17, 15) is 4.39 Å². The Morgan fingerprint density at radius 3 is 2.75 bits per heavy atom. The van der Waals surface area contributed by atoms with Crippen molar-refractivity contribution in [3.05, 3.63) is 59.7 Å². The fraction of sp³-hybridized carbons (Fsp3) is 0.188. The van der Waals surface area contributed by atoms with E-state index < -0.39 is 0 Å². The third-order valence-electron chi connectivity index (χ3n) is 2.63. The quantitative estimate of drug-likeness (QED) is 0.635. The predicted molar refractivity (Wildman–Crippen MR) is 77.4 cm³/mol. The maximum absolute atomic E-state index is 13.2.